The molecule has 5 heteroatoms. The zero-order chi connectivity index (χ0) is 13.3. The minimum atomic E-state index is -1.38. The van der Waals surface area contributed by atoms with E-state index in [9.17, 15) is 9.18 Å². The van der Waals surface area contributed by atoms with E-state index in [0.717, 1.165) is 6.07 Å². The van der Waals surface area contributed by atoms with Gasteiger partial charge in [0, 0.05) is 10.7 Å². The third-order valence-electron chi connectivity index (χ3n) is 2.51. The molecule has 2 aromatic rings. The van der Waals surface area contributed by atoms with Crippen molar-refractivity contribution in [2.75, 3.05) is 5.73 Å². The Morgan fingerprint density at radius 3 is 2.28 bits per heavy atom. The number of halogens is 2. The normalized spacial score (nSPS) is 10.3. The van der Waals surface area contributed by atoms with Gasteiger partial charge in [0.25, 0.3) is 0 Å². The van der Waals surface area contributed by atoms with E-state index in [1.807, 2.05) is 0 Å². The van der Waals surface area contributed by atoms with Gasteiger partial charge in [-0.05, 0) is 35.4 Å². The zero-order valence-corrected chi connectivity index (χ0v) is 9.91. The minimum Gasteiger partial charge on any atom is -0.478 e. The number of nitrogen functional groups attached to an aromatic ring is 1. The van der Waals surface area contributed by atoms with Crippen molar-refractivity contribution in [3.05, 3.63) is 52.8 Å². The summed E-state index contributed by atoms with van der Waals surface area (Å²) >= 11 is 5.75. The summed E-state index contributed by atoms with van der Waals surface area (Å²) in [5.41, 5.74) is 6.15. The fraction of sp³-hybridized carbons (Fsp3) is 0. The number of rotatable bonds is 2. The SMILES string of the molecule is Nc1cc(-c2ccc(Cl)cc2)cc(F)c1C(=O)O. The average molecular weight is 266 g/mol. The Bertz CT molecular complexity index is 588. The molecule has 0 radical (unpaired) electrons. The van der Waals surface area contributed by atoms with Crippen LogP contribution in [0.25, 0.3) is 11.1 Å². The second-order valence-corrected chi connectivity index (χ2v) is 4.17. The van der Waals surface area contributed by atoms with Gasteiger partial charge in [0.2, 0.25) is 0 Å². The monoisotopic (exact) mass is 265 g/mol. The molecule has 0 saturated carbocycles. The van der Waals surface area contributed by atoms with E-state index >= 15 is 0 Å². The van der Waals surface area contributed by atoms with Gasteiger partial charge in [-0.2, -0.15) is 0 Å². The van der Waals surface area contributed by atoms with Crippen LogP contribution in [0.15, 0.2) is 36.4 Å². The molecule has 0 atom stereocenters. The highest BCUT2D eigenvalue weighted by Gasteiger charge is 2.16. The summed E-state index contributed by atoms with van der Waals surface area (Å²) in [4.78, 5) is 10.8. The Hall–Kier alpha value is -2.07. The highest BCUT2D eigenvalue weighted by atomic mass is 35.5. The second kappa shape index (κ2) is 4.66. The molecule has 3 N–H and O–H groups in total. The van der Waals surface area contributed by atoms with Crippen LogP contribution in [-0.2, 0) is 0 Å². The summed E-state index contributed by atoms with van der Waals surface area (Å²) in [6.45, 7) is 0. The molecule has 0 unspecified atom stereocenters. The summed E-state index contributed by atoms with van der Waals surface area (Å²) in [7, 11) is 0. The van der Waals surface area contributed by atoms with Crippen molar-refractivity contribution in [3.8, 4) is 11.1 Å². The minimum absolute atomic E-state index is 0.104. The fourth-order valence-electron chi connectivity index (χ4n) is 1.66. The first kappa shape index (κ1) is 12.4. The van der Waals surface area contributed by atoms with E-state index in [1.54, 1.807) is 24.3 Å². The maximum atomic E-state index is 13.6. The third-order valence-corrected chi connectivity index (χ3v) is 2.76. The maximum Gasteiger partial charge on any atom is 0.340 e. The van der Waals surface area contributed by atoms with Gasteiger partial charge < -0.3 is 10.8 Å². The van der Waals surface area contributed by atoms with Crippen LogP contribution in [0, 0.1) is 5.82 Å². The van der Waals surface area contributed by atoms with Crippen molar-refractivity contribution in [2.45, 2.75) is 0 Å². The first-order chi connectivity index (χ1) is 8.49. The van der Waals surface area contributed by atoms with Gasteiger partial charge in [-0.15, -0.1) is 0 Å². The lowest BCUT2D eigenvalue weighted by atomic mass is 10.0. The number of hydrogen-bond acceptors (Lipinski definition) is 2. The predicted octanol–water partition coefficient (Wildman–Crippen LogP) is 3.43. The molecule has 0 amide bonds. The van der Waals surface area contributed by atoms with Crippen LogP contribution in [0.5, 0.6) is 0 Å². The summed E-state index contributed by atoms with van der Waals surface area (Å²) in [5, 5.41) is 9.37. The van der Waals surface area contributed by atoms with Crippen LogP contribution < -0.4 is 5.73 Å². The molecule has 18 heavy (non-hydrogen) atoms. The summed E-state index contributed by atoms with van der Waals surface area (Å²) in [5.74, 6) is -2.24. The molecule has 0 spiro atoms. The molecule has 2 rings (SSSR count). The lowest BCUT2D eigenvalue weighted by molar-refractivity contribution is 0.0693. The van der Waals surface area contributed by atoms with E-state index in [1.165, 1.54) is 6.07 Å². The van der Waals surface area contributed by atoms with Crippen molar-refractivity contribution in [1.82, 2.24) is 0 Å². The molecule has 92 valence electrons. The first-order valence-corrected chi connectivity index (χ1v) is 5.45. The Balaban J connectivity index is 2.54. The molecular formula is C13H9ClFNO2. The lowest BCUT2D eigenvalue weighted by Gasteiger charge is -2.07. The van der Waals surface area contributed by atoms with E-state index < -0.39 is 17.3 Å². The number of anilines is 1. The van der Waals surface area contributed by atoms with Crippen molar-refractivity contribution in [3.63, 3.8) is 0 Å². The fourth-order valence-corrected chi connectivity index (χ4v) is 1.79. The number of nitrogens with two attached hydrogens (primary N) is 1. The first-order valence-electron chi connectivity index (χ1n) is 5.07. The number of carbonyl (C=O) groups is 1. The standard InChI is InChI=1S/C13H9ClFNO2/c14-9-3-1-7(2-4-9)8-5-10(15)12(13(17)18)11(16)6-8/h1-6H,16H2,(H,17,18). The van der Waals surface area contributed by atoms with Crippen LogP contribution in [0.3, 0.4) is 0 Å². The molecular weight excluding hydrogens is 257 g/mol. The maximum absolute atomic E-state index is 13.6. The Morgan fingerprint density at radius 2 is 1.78 bits per heavy atom. The van der Waals surface area contributed by atoms with Crippen LogP contribution in [0.4, 0.5) is 10.1 Å². The molecule has 0 aliphatic carbocycles. The number of carboxylic acid groups (broad SMARTS) is 1. The van der Waals surface area contributed by atoms with E-state index in [2.05, 4.69) is 0 Å². The Morgan fingerprint density at radius 1 is 1.17 bits per heavy atom. The van der Waals surface area contributed by atoms with Gasteiger partial charge >= 0.3 is 5.97 Å². The van der Waals surface area contributed by atoms with E-state index in [-0.39, 0.29) is 5.69 Å². The average Bonchev–Trinajstić information content (AvgIpc) is 2.28. The molecule has 0 aromatic heterocycles. The van der Waals surface area contributed by atoms with Gasteiger partial charge in [-0.1, -0.05) is 23.7 Å². The van der Waals surface area contributed by atoms with E-state index in [0.29, 0.717) is 16.1 Å². The number of carboxylic acids is 1. The smallest absolute Gasteiger partial charge is 0.340 e. The van der Waals surface area contributed by atoms with Gasteiger partial charge in [0.05, 0.1) is 0 Å². The quantitative estimate of drug-likeness (QED) is 0.818. The molecule has 2 aromatic carbocycles. The van der Waals surface area contributed by atoms with Crippen molar-refractivity contribution in [2.24, 2.45) is 0 Å². The van der Waals surface area contributed by atoms with E-state index in [4.69, 9.17) is 22.4 Å². The van der Waals surface area contributed by atoms with Crippen LogP contribution in [0.1, 0.15) is 10.4 Å². The molecule has 0 heterocycles. The summed E-state index contributed by atoms with van der Waals surface area (Å²) < 4.78 is 13.6. The highest BCUT2D eigenvalue weighted by molar-refractivity contribution is 6.30. The molecule has 0 fully saturated rings. The Labute approximate surface area is 108 Å². The topological polar surface area (TPSA) is 63.3 Å². The molecule has 3 nitrogen and oxygen atoms in total. The second-order valence-electron chi connectivity index (χ2n) is 3.73. The van der Waals surface area contributed by atoms with Crippen LogP contribution in [0.2, 0.25) is 5.02 Å². The molecule has 0 aliphatic heterocycles. The summed E-state index contributed by atoms with van der Waals surface area (Å²) in [6, 6.07) is 9.30. The molecule has 0 aliphatic rings. The summed E-state index contributed by atoms with van der Waals surface area (Å²) in [6.07, 6.45) is 0. The van der Waals surface area contributed by atoms with Gasteiger partial charge in [-0.25, -0.2) is 9.18 Å². The number of hydrogen-bond donors (Lipinski definition) is 2. The van der Waals surface area contributed by atoms with Crippen molar-refractivity contribution < 1.29 is 14.3 Å². The number of aromatic carboxylic acids is 1. The van der Waals surface area contributed by atoms with Crippen LogP contribution in [-0.4, -0.2) is 11.1 Å². The third kappa shape index (κ3) is 2.28. The van der Waals surface area contributed by atoms with Gasteiger partial charge in [0.15, 0.2) is 0 Å². The van der Waals surface area contributed by atoms with Crippen LogP contribution >= 0.6 is 11.6 Å². The Kier molecular flexibility index (Phi) is 3.21. The lowest BCUT2D eigenvalue weighted by Crippen LogP contribution is -2.06. The molecule has 0 saturated heterocycles. The predicted molar refractivity (Wildman–Crippen MR) is 68.2 cm³/mol. The number of benzene rings is 2. The molecule has 0 bridgehead atoms. The van der Waals surface area contributed by atoms with Gasteiger partial charge in [-0.3, -0.25) is 0 Å². The zero-order valence-electron chi connectivity index (χ0n) is 9.15. The van der Waals surface area contributed by atoms with Crippen molar-refractivity contribution >= 4 is 23.3 Å². The van der Waals surface area contributed by atoms with Gasteiger partial charge in [0.1, 0.15) is 11.4 Å². The largest absolute Gasteiger partial charge is 0.478 e. The highest BCUT2D eigenvalue weighted by Crippen LogP contribution is 2.27. The van der Waals surface area contributed by atoms with Crippen molar-refractivity contribution in [1.29, 1.82) is 0 Å².